The molecule has 0 aromatic carbocycles. The number of nitrogens with two attached hydrogens (primary N) is 1. The molecule has 0 bridgehead atoms. The summed E-state index contributed by atoms with van der Waals surface area (Å²) in [5.41, 5.74) is 6.49. The molecule has 0 aromatic heterocycles. The van der Waals surface area contributed by atoms with Gasteiger partial charge in [-0.1, -0.05) is 0 Å². The molecule has 2 rings (SSSR count). The lowest BCUT2D eigenvalue weighted by Gasteiger charge is -2.39. The first-order chi connectivity index (χ1) is 6.14. The van der Waals surface area contributed by atoms with Gasteiger partial charge < -0.3 is 15.4 Å². The van der Waals surface area contributed by atoms with E-state index in [0.717, 1.165) is 6.61 Å². The number of piperidine rings is 1. The quantitative estimate of drug-likeness (QED) is 0.594. The van der Waals surface area contributed by atoms with E-state index >= 15 is 0 Å². The molecule has 76 valence electrons. The highest BCUT2D eigenvalue weighted by molar-refractivity contribution is 4.99. The molecule has 0 saturated carbocycles. The smallest absolute Gasteiger partial charge is 0.0704 e. The maximum absolute atomic E-state index is 6.19. The SMILES string of the molecule is C[C@@H]1OCC2(CCN(C)CC2)C1N. The molecule has 2 N–H and O–H groups in total. The first-order valence-corrected chi connectivity index (χ1v) is 5.20. The molecule has 0 amide bonds. The number of likely N-dealkylation sites (tertiary alicyclic amines) is 1. The van der Waals surface area contributed by atoms with Crippen molar-refractivity contribution in [1.29, 1.82) is 0 Å². The van der Waals surface area contributed by atoms with Crippen LogP contribution in [0.5, 0.6) is 0 Å². The van der Waals surface area contributed by atoms with Gasteiger partial charge in [-0.05, 0) is 39.9 Å². The van der Waals surface area contributed by atoms with Gasteiger partial charge >= 0.3 is 0 Å². The highest BCUT2D eigenvalue weighted by atomic mass is 16.5. The van der Waals surface area contributed by atoms with Crippen LogP contribution in [-0.2, 0) is 4.74 Å². The number of nitrogens with zero attached hydrogens (tertiary/aromatic N) is 1. The molecule has 2 atom stereocenters. The van der Waals surface area contributed by atoms with Gasteiger partial charge in [0.2, 0.25) is 0 Å². The van der Waals surface area contributed by atoms with Crippen molar-refractivity contribution in [2.75, 3.05) is 26.7 Å². The average molecular weight is 184 g/mol. The van der Waals surface area contributed by atoms with E-state index in [4.69, 9.17) is 10.5 Å². The highest BCUT2D eigenvalue weighted by Crippen LogP contribution is 2.40. The number of rotatable bonds is 0. The maximum atomic E-state index is 6.19. The number of hydrogen-bond acceptors (Lipinski definition) is 3. The summed E-state index contributed by atoms with van der Waals surface area (Å²) in [6.45, 7) is 5.31. The van der Waals surface area contributed by atoms with Crippen LogP contribution in [0.15, 0.2) is 0 Å². The standard InChI is InChI=1S/C10H20N2O/c1-8-9(11)10(7-13-8)3-5-12(2)6-4-10/h8-9H,3-7,11H2,1-2H3/t8-,9?/m0/s1. The molecule has 2 aliphatic heterocycles. The molecule has 0 radical (unpaired) electrons. The summed E-state index contributed by atoms with van der Waals surface area (Å²) < 4.78 is 5.65. The van der Waals surface area contributed by atoms with Gasteiger partial charge in [-0.15, -0.1) is 0 Å². The van der Waals surface area contributed by atoms with Crippen molar-refractivity contribution in [3.05, 3.63) is 0 Å². The Hall–Kier alpha value is -0.120. The van der Waals surface area contributed by atoms with E-state index in [-0.39, 0.29) is 12.1 Å². The normalized spacial score (nSPS) is 39.9. The van der Waals surface area contributed by atoms with Gasteiger partial charge in [0.05, 0.1) is 12.7 Å². The minimum absolute atomic E-state index is 0.251. The lowest BCUT2D eigenvalue weighted by Crippen LogP contribution is -2.49. The molecule has 2 fully saturated rings. The van der Waals surface area contributed by atoms with Crippen LogP contribution >= 0.6 is 0 Å². The second-order valence-electron chi connectivity index (χ2n) is 4.71. The monoisotopic (exact) mass is 184 g/mol. The predicted molar refractivity (Wildman–Crippen MR) is 52.6 cm³/mol. The van der Waals surface area contributed by atoms with Crippen LogP contribution in [0, 0.1) is 5.41 Å². The predicted octanol–water partition coefficient (Wildman–Crippen LogP) is 0.444. The van der Waals surface area contributed by atoms with Gasteiger partial charge in [0.1, 0.15) is 0 Å². The van der Waals surface area contributed by atoms with Crippen LogP contribution in [0.3, 0.4) is 0 Å². The fraction of sp³-hybridized carbons (Fsp3) is 1.00. The zero-order valence-corrected chi connectivity index (χ0v) is 8.62. The van der Waals surface area contributed by atoms with E-state index < -0.39 is 0 Å². The van der Waals surface area contributed by atoms with Crippen LogP contribution in [0.25, 0.3) is 0 Å². The summed E-state index contributed by atoms with van der Waals surface area (Å²) >= 11 is 0. The number of ether oxygens (including phenoxy) is 1. The fourth-order valence-corrected chi connectivity index (χ4v) is 2.54. The summed E-state index contributed by atoms with van der Waals surface area (Å²) in [7, 11) is 2.18. The largest absolute Gasteiger partial charge is 0.376 e. The Morgan fingerprint density at radius 2 is 2.00 bits per heavy atom. The summed E-state index contributed by atoms with van der Waals surface area (Å²) in [5, 5.41) is 0. The summed E-state index contributed by atoms with van der Waals surface area (Å²) in [6, 6.07) is 0.251. The van der Waals surface area contributed by atoms with E-state index in [1.807, 2.05) is 0 Å². The molecule has 13 heavy (non-hydrogen) atoms. The van der Waals surface area contributed by atoms with Crippen LogP contribution in [-0.4, -0.2) is 43.8 Å². The van der Waals surface area contributed by atoms with Crippen LogP contribution in [0.2, 0.25) is 0 Å². The second kappa shape index (κ2) is 3.23. The zero-order valence-electron chi connectivity index (χ0n) is 8.62. The van der Waals surface area contributed by atoms with Crippen molar-refractivity contribution in [1.82, 2.24) is 4.90 Å². The van der Waals surface area contributed by atoms with Crippen LogP contribution in [0.4, 0.5) is 0 Å². The van der Waals surface area contributed by atoms with Gasteiger partial charge in [-0.2, -0.15) is 0 Å². The molecular formula is C10H20N2O. The van der Waals surface area contributed by atoms with E-state index in [9.17, 15) is 0 Å². The molecule has 1 unspecified atom stereocenters. The van der Waals surface area contributed by atoms with E-state index in [2.05, 4.69) is 18.9 Å². The van der Waals surface area contributed by atoms with E-state index in [0.29, 0.717) is 5.41 Å². The summed E-state index contributed by atoms with van der Waals surface area (Å²) in [6.07, 6.45) is 2.66. The molecular weight excluding hydrogens is 164 g/mol. The molecule has 2 heterocycles. The minimum atomic E-state index is 0.251. The van der Waals surface area contributed by atoms with Crippen LogP contribution < -0.4 is 5.73 Å². The van der Waals surface area contributed by atoms with Crippen molar-refractivity contribution in [3.63, 3.8) is 0 Å². The summed E-state index contributed by atoms with van der Waals surface area (Å²) in [5.74, 6) is 0. The van der Waals surface area contributed by atoms with Crippen molar-refractivity contribution >= 4 is 0 Å². The Labute approximate surface area is 80.2 Å². The molecule has 0 aliphatic carbocycles. The third-order valence-electron chi connectivity index (χ3n) is 3.83. The van der Waals surface area contributed by atoms with Crippen molar-refractivity contribution < 1.29 is 4.74 Å². The van der Waals surface area contributed by atoms with Crippen molar-refractivity contribution in [3.8, 4) is 0 Å². The van der Waals surface area contributed by atoms with Gasteiger partial charge in [0.15, 0.2) is 0 Å². The Balaban J connectivity index is 2.05. The molecule has 0 aromatic rings. The third-order valence-corrected chi connectivity index (χ3v) is 3.83. The van der Waals surface area contributed by atoms with Gasteiger partial charge in [-0.25, -0.2) is 0 Å². The highest BCUT2D eigenvalue weighted by Gasteiger charge is 2.46. The summed E-state index contributed by atoms with van der Waals surface area (Å²) in [4.78, 5) is 2.38. The minimum Gasteiger partial charge on any atom is -0.376 e. The number of hydrogen-bond donors (Lipinski definition) is 1. The molecule has 2 saturated heterocycles. The van der Waals surface area contributed by atoms with Gasteiger partial charge in [0, 0.05) is 11.5 Å². The third kappa shape index (κ3) is 1.49. The Morgan fingerprint density at radius 1 is 1.38 bits per heavy atom. The molecule has 3 heteroatoms. The van der Waals surface area contributed by atoms with E-state index in [1.165, 1.54) is 25.9 Å². The second-order valence-corrected chi connectivity index (χ2v) is 4.71. The first kappa shape index (κ1) is 9.44. The first-order valence-electron chi connectivity index (χ1n) is 5.20. The van der Waals surface area contributed by atoms with Crippen molar-refractivity contribution in [2.45, 2.75) is 31.9 Å². The van der Waals surface area contributed by atoms with E-state index in [1.54, 1.807) is 0 Å². The van der Waals surface area contributed by atoms with Gasteiger partial charge in [-0.3, -0.25) is 0 Å². The Kier molecular flexibility index (Phi) is 2.34. The lowest BCUT2D eigenvalue weighted by atomic mass is 9.73. The fourth-order valence-electron chi connectivity index (χ4n) is 2.54. The molecule has 2 aliphatic rings. The zero-order chi connectivity index (χ0) is 9.47. The average Bonchev–Trinajstić information content (AvgIpc) is 2.40. The van der Waals surface area contributed by atoms with Crippen LogP contribution in [0.1, 0.15) is 19.8 Å². The lowest BCUT2D eigenvalue weighted by molar-refractivity contribution is 0.0756. The van der Waals surface area contributed by atoms with Gasteiger partial charge in [0.25, 0.3) is 0 Å². The maximum Gasteiger partial charge on any atom is 0.0704 e. The molecule has 1 spiro atoms. The topological polar surface area (TPSA) is 38.5 Å². The Bertz CT molecular complexity index is 187. The van der Waals surface area contributed by atoms with Crippen molar-refractivity contribution in [2.24, 2.45) is 11.1 Å². The molecule has 3 nitrogen and oxygen atoms in total. The Morgan fingerprint density at radius 3 is 2.46 bits per heavy atom.